The lowest BCUT2D eigenvalue weighted by Gasteiger charge is -2.06. The Morgan fingerprint density at radius 3 is 3.12 bits per heavy atom. The van der Waals surface area contributed by atoms with Gasteiger partial charge in [-0.05, 0) is 34.5 Å². The van der Waals surface area contributed by atoms with Crippen molar-refractivity contribution >= 4 is 21.8 Å². The second kappa shape index (κ2) is 7.97. The third-order valence-electron chi connectivity index (χ3n) is 2.00. The van der Waals surface area contributed by atoms with E-state index < -0.39 is 0 Å². The molecule has 0 saturated carbocycles. The first-order valence-electron chi connectivity index (χ1n) is 5.33. The highest BCUT2D eigenvalue weighted by Crippen LogP contribution is 2.11. The summed E-state index contributed by atoms with van der Waals surface area (Å²) in [5.74, 6) is -0.155. The number of nitrogens with zero attached hydrogens (tertiary/aromatic N) is 1. The Balaban J connectivity index is 2.26. The molecule has 1 aromatic heterocycles. The number of amides is 1. The highest BCUT2D eigenvalue weighted by atomic mass is 79.9. The maximum atomic E-state index is 11.7. The minimum Gasteiger partial charge on any atom is -0.379 e. The van der Waals surface area contributed by atoms with E-state index in [9.17, 15) is 4.79 Å². The van der Waals surface area contributed by atoms with Crippen molar-refractivity contribution in [2.75, 3.05) is 19.8 Å². The van der Waals surface area contributed by atoms with Gasteiger partial charge in [0.05, 0.1) is 18.8 Å². The van der Waals surface area contributed by atoms with Crippen molar-refractivity contribution in [3.8, 4) is 0 Å². The average molecular weight is 299 g/mol. The molecule has 0 aliphatic carbocycles. The van der Waals surface area contributed by atoms with E-state index in [1.165, 1.54) is 0 Å². The molecule has 4 nitrogen and oxygen atoms in total. The molecule has 1 rings (SSSR count). The molecule has 0 radical (unpaired) electrons. The highest BCUT2D eigenvalue weighted by molar-refractivity contribution is 9.10. The van der Waals surface area contributed by atoms with Gasteiger partial charge in [-0.1, -0.05) is 6.08 Å². The summed E-state index contributed by atoms with van der Waals surface area (Å²) >= 11 is 3.23. The number of ether oxygens (including phenoxy) is 1. The highest BCUT2D eigenvalue weighted by Gasteiger charge is 2.08. The van der Waals surface area contributed by atoms with E-state index in [0.717, 1.165) is 6.42 Å². The van der Waals surface area contributed by atoms with Gasteiger partial charge in [-0.15, -0.1) is 6.58 Å². The molecule has 5 heteroatoms. The van der Waals surface area contributed by atoms with Crippen LogP contribution >= 0.6 is 15.9 Å². The lowest BCUT2D eigenvalue weighted by atomic mass is 10.3. The van der Waals surface area contributed by atoms with Crippen LogP contribution < -0.4 is 5.32 Å². The van der Waals surface area contributed by atoms with E-state index in [2.05, 4.69) is 32.8 Å². The van der Waals surface area contributed by atoms with E-state index >= 15 is 0 Å². The van der Waals surface area contributed by atoms with Crippen LogP contribution in [0.5, 0.6) is 0 Å². The molecule has 0 aromatic carbocycles. The van der Waals surface area contributed by atoms with E-state index in [0.29, 0.717) is 29.9 Å². The summed E-state index contributed by atoms with van der Waals surface area (Å²) in [6, 6.07) is 3.44. The lowest BCUT2D eigenvalue weighted by molar-refractivity contribution is 0.0916. The Bertz CT molecular complexity index is 383. The van der Waals surface area contributed by atoms with Crippen LogP contribution in [0.25, 0.3) is 0 Å². The fourth-order valence-electron chi connectivity index (χ4n) is 1.16. The van der Waals surface area contributed by atoms with Gasteiger partial charge in [0.15, 0.2) is 0 Å². The van der Waals surface area contributed by atoms with Crippen molar-refractivity contribution in [3.05, 3.63) is 41.2 Å². The molecule has 0 unspecified atom stereocenters. The van der Waals surface area contributed by atoms with E-state index in [1.54, 1.807) is 24.4 Å². The smallest absolute Gasteiger partial charge is 0.254 e. The number of carbonyl (C=O) groups is 1. The van der Waals surface area contributed by atoms with Crippen LogP contribution in [0, 0.1) is 0 Å². The summed E-state index contributed by atoms with van der Waals surface area (Å²) in [7, 11) is 0. The summed E-state index contributed by atoms with van der Waals surface area (Å²) in [6.07, 6.45) is 4.24. The third kappa shape index (κ3) is 5.10. The molecule has 0 aliphatic heterocycles. The molecule has 0 saturated heterocycles. The Morgan fingerprint density at radius 1 is 1.59 bits per heavy atom. The normalized spacial score (nSPS) is 9.94. The summed E-state index contributed by atoms with van der Waals surface area (Å²) in [5, 5.41) is 2.76. The first-order valence-corrected chi connectivity index (χ1v) is 6.12. The topological polar surface area (TPSA) is 51.2 Å². The van der Waals surface area contributed by atoms with Gasteiger partial charge in [-0.25, -0.2) is 4.98 Å². The van der Waals surface area contributed by atoms with E-state index in [1.807, 2.05) is 0 Å². The van der Waals surface area contributed by atoms with Crippen LogP contribution in [0.2, 0.25) is 0 Å². The van der Waals surface area contributed by atoms with Crippen LogP contribution in [-0.4, -0.2) is 30.6 Å². The minimum absolute atomic E-state index is 0.155. The number of hydrogen-bond acceptors (Lipinski definition) is 3. The van der Waals surface area contributed by atoms with Gasteiger partial charge in [0.1, 0.15) is 4.60 Å². The predicted molar refractivity (Wildman–Crippen MR) is 69.9 cm³/mol. The van der Waals surface area contributed by atoms with Crippen LogP contribution in [0.1, 0.15) is 16.8 Å². The summed E-state index contributed by atoms with van der Waals surface area (Å²) in [4.78, 5) is 15.7. The molecule has 1 aromatic rings. The summed E-state index contributed by atoms with van der Waals surface area (Å²) in [6.45, 7) is 5.21. The van der Waals surface area contributed by atoms with Crippen molar-refractivity contribution in [2.45, 2.75) is 6.42 Å². The molecule has 0 atom stereocenters. The van der Waals surface area contributed by atoms with E-state index in [-0.39, 0.29) is 5.91 Å². The van der Waals surface area contributed by atoms with Gasteiger partial charge in [0, 0.05) is 12.7 Å². The number of aromatic nitrogens is 1. The number of halogens is 1. The molecule has 1 N–H and O–H groups in total. The SMILES string of the molecule is C=CCCOCCNC(=O)c1cccnc1Br. The molecule has 0 aliphatic rings. The summed E-state index contributed by atoms with van der Waals surface area (Å²) < 4.78 is 5.82. The molecule has 0 bridgehead atoms. The van der Waals surface area contributed by atoms with Crippen LogP contribution in [0.15, 0.2) is 35.6 Å². The van der Waals surface area contributed by atoms with Gasteiger partial charge in [-0.3, -0.25) is 4.79 Å². The van der Waals surface area contributed by atoms with Crippen molar-refractivity contribution in [3.63, 3.8) is 0 Å². The lowest BCUT2D eigenvalue weighted by Crippen LogP contribution is -2.27. The average Bonchev–Trinajstić information content (AvgIpc) is 2.34. The standard InChI is InChI=1S/C12H15BrN2O2/c1-2-3-8-17-9-7-15-12(16)10-5-4-6-14-11(10)13/h2,4-6H,1,3,7-9H2,(H,15,16). The zero-order valence-corrected chi connectivity index (χ0v) is 11.1. The fourth-order valence-corrected chi connectivity index (χ4v) is 1.59. The van der Waals surface area contributed by atoms with Crippen molar-refractivity contribution < 1.29 is 9.53 Å². The quantitative estimate of drug-likeness (QED) is 0.477. The number of pyridine rings is 1. The van der Waals surface area contributed by atoms with Gasteiger partial charge >= 0.3 is 0 Å². The van der Waals surface area contributed by atoms with Crippen LogP contribution in [0.4, 0.5) is 0 Å². The number of nitrogens with one attached hydrogen (secondary N) is 1. The molecule has 0 spiro atoms. The third-order valence-corrected chi connectivity index (χ3v) is 2.63. The van der Waals surface area contributed by atoms with E-state index in [4.69, 9.17) is 4.74 Å². The second-order valence-corrected chi connectivity index (χ2v) is 4.04. The van der Waals surface area contributed by atoms with Crippen molar-refractivity contribution in [1.82, 2.24) is 10.3 Å². The Hall–Kier alpha value is -1.20. The maximum absolute atomic E-state index is 11.7. The zero-order valence-electron chi connectivity index (χ0n) is 9.49. The Labute approximate surface area is 109 Å². The first-order chi connectivity index (χ1) is 8.25. The van der Waals surface area contributed by atoms with Crippen LogP contribution in [0.3, 0.4) is 0 Å². The predicted octanol–water partition coefficient (Wildman–Crippen LogP) is 2.17. The summed E-state index contributed by atoms with van der Waals surface area (Å²) in [5.41, 5.74) is 0.526. The van der Waals surface area contributed by atoms with Gasteiger partial charge in [0.2, 0.25) is 0 Å². The van der Waals surface area contributed by atoms with Gasteiger partial charge in [0.25, 0.3) is 5.91 Å². The first kappa shape index (κ1) is 13.9. The molecular weight excluding hydrogens is 284 g/mol. The second-order valence-electron chi connectivity index (χ2n) is 3.29. The Morgan fingerprint density at radius 2 is 2.41 bits per heavy atom. The fraction of sp³-hybridized carbons (Fsp3) is 0.333. The largest absolute Gasteiger partial charge is 0.379 e. The maximum Gasteiger partial charge on any atom is 0.254 e. The molecule has 1 amide bonds. The Kier molecular flexibility index (Phi) is 6.50. The molecule has 17 heavy (non-hydrogen) atoms. The molecule has 0 fully saturated rings. The molecular formula is C12H15BrN2O2. The van der Waals surface area contributed by atoms with Crippen LogP contribution in [-0.2, 0) is 4.74 Å². The number of carbonyl (C=O) groups excluding carboxylic acids is 1. The van der Waals surface area contributed by atoms with Crippen molar-refractivity contribution in [1.29, 1.82) is 0 Å². The van der Waals surface area contributed by atoms with Gasteiger partial charge < -0.3 is 10.1 Å². The van der Waals surface area contributed by atoms with Crippen molar-refractivity contribution in [2.24, 2.45) is 0 Å². The molecule has 1 heterocycles. The number of rotatable bonds is 7. The monoisotopic (exact) mass is 298 g/mol. The zero-order chi connectivity index (χ0) is 12.5. The number of hydrogen-bond donors (Lipinski definition) is 1. The molecule has 92 valence electrons. The minimum atomic E-state index is -0.155. The van der Waals surface area contributed by atoms with Gasteiger partial charge in [-0.2, -0.15) is 0 Å².